The quantitative estimate of drug-likeness (QED) is 0.508. The number of amides is 2. The maximum atomic E-state index is 13.0. The van der Waals surface area contributed by atoms with E-state index in [2.05, 4.69) is 0 Å². The molecule has 1 saturated heterocycles. The average molecular weight is 421 g/mol. The van der Waals surface area contributed by atoms with Crippen molar-refractivity contribution in [1.82, 2.24) is 4.90 Å². The predicted octanol–water partition coefficient (Wildman–Crippen LogP) is 2.01. The highest BCUT2D eigenvalue weighted by Crippen LogP contribution is 2.37. The van der Waals surface area contributed by atoms with Crippen molar-refractivity contribution in [1.29, 1.82) is 0 Å². The summed E-state index contributed by atoms with van der Waals surface area (Å²) in [4.78, 5) is 50.1. The number of fused-ring (bicyclic) bond motifs is 1. The van der Waals surface area contributed by atoms with Crippen molar-refractivity contribution >= 4 is 35.5 Å². The van der Waals surface area contributed by atoms with Crippen molar-refractivity contribution in [2.75, 3.05) is 12.4 Å². The zero-order valence-corrected chi connectivity index (χ0v) is 17.3. The van der Waals surface area contributed by atoms with Gasteiger partial charge in [0.1, 0.15) is 24.2 Å². The fraction of sp³-hybridized carbons (Fsp3) is 0.500. The van der Waals surface area contributed by atoms with Gasteiger partial charge < -0.3 is 14.2 Å². The van der Waals surface area contributed by atoms with E-state index in [1.165, 1.54) is 25.6 Å². The maximum absolute atomic E-state index is 13.0. The van der Waals surface area contributed by atoms with E-state index in [-0.39, 0.29) is 13.0 Å². The maximum Gasteiger partial charge on any atom is 0.302 e. The molecule has 2 amide bonds. The summed E-state index contributed by atoms with van der Waals surface area (Å²) >= 11 is 1.40. The van der Waals surface area contributed by atoms with E-state index in [1.807, 2.05) is 6.92 Å². The van der Waals surface area contributed by atoms with Crippen LogP contribution in [0.4, 0.5) is 0 Å². The molecule has 0 saturated carbocycles. The zero-order valence-electron chi connectivity index (χ0n) is 16.5. The first kappa shape index (κ1) is 21.3. The fourth-order valence-corrected chi connectivity index (χ4v) is 4.68. The number of hydrogen-bond donors (Lipinski definition) is 0. The monoisotopic (exact) mass is 421 g/mol. The molecule has 0 N–H and O–H groups in total. The summed E-state index contributed by atoms with van der Waals surface area (Å²) in [6.45, 7) is 4.50. The SMILES string of the molecule is CCS[C@@H]1OC(COC(C)=O)C[C@H](OC(C)=O)C1N1C(=O)c2ccccc2C1=O. The van der Waals surface area contributed by atoms with Crippen LogP contribution in [0.25, 0.3) is 0 Å². The molecule has 2 unspecified atom stereocenters. The van der Waals surface area contributed by atoms with Crippen molar-refractivity contribution < 1.29 is 33.4 Å². The number of carbonyl (C=O) groups excluding carboxylic acids is 4. The second-order valence-corrected chi connectivity index (χ2v) is 8.16. The van der Waals surface area contributed by atoms with Gasteiger partial charge in [-0.3, -0.25) is 24.1 Å². The summed E-state index contributed by atoms with van der Waals surface area (Å²) < 4.78 is 16.6. The van der Waals surface area contributed by atoms with Gasteiger partial charge in [0.05, 0.1) is 17.2 Å². The van der Waals surface area contributed by atoms with Crippen LogP contribution in [0.5, 0.6) is 0 Å². The molecule has 0 spiro atoms. The largest absolute Gasteiger partial charge is 0.463 e. The van der Waals surface area contributed by atoms with Gasteiger partial charge in [-0.25, -0.2) is 0 Å². The molecule has 0 radical (unpaired) electrons. The average Bonchev–Trinajstić information content (AvgIpc) is 2.91. The number of ether oxygens (including phenoxy) is 3. The molecule has 2 aliphatic rings. The number of thioether (sulfide) groups is 1. The zero-order chi connectivity index (χ0) is 21.1. The lowest BCUT2D eigenvalue weighted by atomic mass is 9.99. The summed E-state index contributed by atoms with van der Waals surface area (Å²) in [5.74, 6) is -1.19. The first-order valence-electron chi connectivity index (χ1n) is 9.38. The van der Waals surface area contributed by atoms with Crippen molar-refractivity contribution in [2.24, 2.45) is 0 Å². The van der Waals surface area contributed by atoms with Crippen LogP contribution in [0.15, 0.2) is 24.3 Å². The number of carbonyl (C=O) groups is 4. The van der Waals surface area contributed by atoms with Gasteiger partial charge in [0.25, 0.3) is 11.8 Å². The molecule has 4 atom stereocenters. The third-order valence-electron chi connectivity index (χ3n) is 4.73. The Morgan fingerprint density at radius 2 is 1.76 bits per heavy atom. The molecule has 2 aliphatic heterocycles. The lowest BCUT2D eigenvalue weighted by Gasteiger charge is -2.43. The van der Waals surface area contributed by atoms with E-state index >= 15 is 0 Å². The molecule has 0 aliphatic carbocycles. The van der Waals surface area contributed by atoms with Gasteiger partial charge in [-0.2, -0.15) is 0 Å². The van der Waals surface area contributed by atoms with Gasteiger partial charge in [0, 0.05) is 20.3 Å². The first-order chi connectivity index (χ1) is 13.8. The number of nitrogens with zero attached hydrogens (tertiary/aromatic N) is 1. The van der Waals surface area contributed by atoms with Gasteiger partial charge in [-0.15, -0.1) is 11.8 Å². The summed E-state index contributed by atoms with van der Waals surface area (Å²) in [5, 5.41) is 0. The van der Waals surface area contributed by atoms with E-state index in [0.29, 0.717) is 16.9 Å². The minimum Gasteiger partial charge on any atom is -0.463 e. The Labute approximate surface area is 172 Å². The van der Waals surface area contributed by atoms with Crippen molar-refractivity contribution in [3.8, 4) is 0 Å². The van der Waals surface area contributed by atoms with Crippen LogP contribution in [0.1, 0.15) is 47.9 Å². The van der Waals surface area contributed by atoms with Gasteiger partial charge in [0.2, 0.25) is 0 Å². The Balaban J connectivity index is 1.93. The Bertz CT molecular complexity index is 792. The van der Waals surface area contributed by atoms with Crippen LogP contribution in [0.2, 0.25) is 0 Å². The van der Waals surface area contributed by atoms with Gasteiger partial charge in [-0.05, 0) is 17.9 Å². The molecule has 3 rings (SSSR count). The van der Waals surface area contributed by atoms with Crippen LogP contribution in [-0.2, 0) is 23.8 Å². The fourth-order valence-electron chi connectivity index (χ4n) is 3.62. The third-order valence-corrected chi connectivity index (χ3v) is 5.78. The van der Waals surface area contributed by atoms with E-state index in [1.54, 1.807) is 24.3 Å². The number of esters is 2. The molecule has 156 valence electrons. The molecular formula is C20H23NO7S. The molecule has 2 heterocycles. The van der Waals surface area contributed by atoms with Gasteiger partial charge >= 0.3 is 11.9 Å². The van der Waals surface area contributed by atoms with E-state index in [4.69, 9.17) is 14.2 Å². The van der Waals surface area contributed by atoms with Crippen molar-refractivity contribution in [3.63, 3.8) is 0 Å². The van der Waals surface area contributed by atoms with Crippen LogP contribution in [-0.4, -0.2) is 64.7 Å². The topological polar surface area (TPSA) is 99.2 Å². The molecule has 0 bridgehead atoms. The van der Waals surface area contributed by atoms with Gasteiger partial charge in [0.15, 0.2) is 0 Å². The van der Waals surface area contributed by atoms with Gasteiger partial charge in [-0.1, -0.05) is 19.1 Å². The number of hydrogen-bond acceptors (Lipinski definition) is 8. The Hall–Kier alpha value is -2.39. The number of imide groups is 1. The molecule has 1 fully saturated rings. The minimum atomic E-state index is -0.787. The van der Waals surface area contributed by atoms with Crippen LogP contribution >= 0.6 is 11.8 Å². The second-order valence-electron chi connectivity index (χ2n) is 6.78. The molecule has 8 nitrogen and oxygen atoms in total. The van der Waals surface area contributed by atoms with E-state index < -0.39 is 47.4 Å². The molecule has 1 aromatic rings. The Kier molecular flexibility index (Phi) is 6.59. The molecule has 29 heavy (non-hydrogen) atoms. The van der Waals surface area contributed by atoms with Crippen LogP contribution in [0.3, 0.4) is 0 Å². The normalized spacial score (nSPS) is 26.2. The first-order valence-corrected chi connectivity index (χ1v) is 10.4. The summed E-state index contributed by atoms with van der Waals surface area (Å²) in [5.41, 5.74) is 0.0172. The molecule has 9 heteroatoms. The van der Waals surface area contributed by atoms with E-state index in [0.717, 1.165) is 4.90 Å². The standard InChI is InChI=1S/C20H23NO7S/c1-4-29-20-17(21-18(24)14-7-5-6-8-15(14)19(21)25)16(27-12(3)23)9-13(28-20)10-26-11(2)22/h5-8,13,16-17,20H,4,9-10H2,1-3H3/t13?,16-,17?,20-/m0/s1. The van der Waals surface area contributed by atoms with Crippen molar-refractivity contribution in [2.45, 2.75) is 50.9 Å². The molecule has 1 aromatic carbocycles. The highest BCUT2D eigenvalue weighted by molar-refractivity contribution is 7.99. The Morgan fingerprint density at radius 3 is 2.28 bits per heavy atom. The smallest absolute Gasteiger partial charge is 0.302 e. The summed E-state index contributed by atoms with van der Waals surface area (Å²) in [6.07, 6.45) is -1.09. The van der Waals surface area contributed by atoms with Crippen LogP contribution in [0, 0.1) is 0 Å². The third kappa shape index (κ3) is 4.45. The highest BCUT2D eigenvalue weighted by atomic mass is 32.2. The number of rotatable bonds is 6. The summed E-state index contributed by atoms with van der Waals surface area (Å²) in [6, 6.07) is 5.81. The predicted molar refractivity (Wildman–Crippen MR) is 104 cm³/mol. The summed E-state index contributed by atoms with van der Waals surface area (Å²) in [7, 11) is 0. The van der Waals surface area contributed by atoms with Crippen molar-refractivity contribution in [3.05, 3.63) is 35.4 Å². The lowest BCUT2D eigenvalue weighted by molar-refractivity contribution is -0.171. The lowest BCUT2D eigenvalue weighted by Crippen LogP contribution is -2.59. The molecule has 0 aromatic heterocycles. The minimum absolute atomic E-state index is 0.00269. The highest BCUT2D eigenvalue weighted by Gasteiger charge is 2.51. The second kappa shape index (κ2) is 8.96. The Morgan fingerprint density at radius 1 is 1.14 bits per heavy atom. The van der Waals surface area contributed by atoms with E-state index in [9.17, 15) is 19.2 Å². The molecular weight excluding hydrogens is 398 g/mol. The van der Waals surface area contributed by atoms with Crippen LogP contribution < -0.4 is 0 Å². The number of benzene rings is 1.